The Kier molecular flexibility index (Phi) is 4.44. The maximum absolute atomic E-state index is 10.6. The van der Waals surface area contributed by atoms with Crippen molar-refractivity contribution >= 4 is 28.5 Å². The van der Waals surface area contributed by atoms with Crippen molar-refractivity contribution in [3.8, 4) is 0 Å². The van der Waals surface area contributed by atoms with Crippen molar-refractivity contribution in [3.05, 3.63) is 35.0 Å². The molecule has 0 unspecified atom stereocenters. The molecule has 0 atom stereocenters. The molecule has 16 heavy (non-hydrogen) atoms. The van der Waals surface area contributed by atoms with Crippen LogP contribution in [0.1, 0.15) is 5.69 Å². The summed E-state index contributed by atoms with van der Waals surface area (Å²) in [7, 11) is 0. The van der Waals surface area contributed by atoms with Gasteiger partial charge in [-0.1, -0.05) is 11.6 Å². The number of halogens is 1. The molecule has 2 aromatic rings. The Hall–Kier alpha value is -0.480. The number of benzene rings is 1. The summed E-state index contributed by atoms with van der Waals surface area (Å²) in [5, 5.41) is 12.2. The van der Waals surface area contributed by atoms with Crippen molar-refractivity contribution in [1.82, 2.24) is 4.57 Å². The van der Waals surface area contributed by atoms with Gasteiger partial charge < -0.3 is 14.5 Å². The number of carboxylic acids is 1. The van der Waals surface area contributed by atoms with Crippen molar-refractivity contribution in [2.24, 2.45) is 0 Å². The normalized spacial score (nSPS) is 10.1. The fourth-order valence-electron chi connectivity index (χ4n) is 1.72. The van der Waals surface area contributed by atoms with Crippen LogP contribution in [0.2, 0.25) is 5.02 Å². The molecule has 1 aromatic carbocycles. The van der Waals surface area contributed by atoms with Crippen LogP contribution in [0.25, 0.3) is 10.9 Å². The summed E-state index contributed by atoms with van der Waals surface area (Å²) in [6.07, 6.45) is 0. The van der Waals surface area contributed by atoms with Gasteiger partial charge in [-0.25, -0.2) is 0 Å². The molecule has 1 aromatic heterocycles. The van der Waals surface area contributed by atoms with Crippen molar-refractivity contribution in [2.75, 3.05) is 0 Å². The van der Waals surface area contributed by atoms with Crippen LogP contribution in [0.3, 0.4) is 0 Å². The predicted molar refractivity (Wildman–Crippen MR) is 56.7 cm³/mol. The summed E-state index contributed by atoms with van der Waals surface area (Å²) in [5.41, 5.74) is 1.75. The van der Waals surface area contributed by atoms with Crippen LogP contribution in [0, 0.1) is 6.92 Å². The minimum atomic E-state index is -1.09. The van der Waals surface area contributed by atoms with E-state index < -0.39 is 5.97 Å². The number of aromatic nitrogens is 1. The topological polar surface area (TPSA) is 45.1 Å². The maximum Gasteiger partial charge on any atom is 1.00 e. The first-order valence-electron chi connectivity index (χ1n) is 4.53. The molecule has 78 valence electrons. The van der Waals surface area contributed by atoms with Gasteiger partial charge in [0.05, 0.1) is 12.5 Å². The third-order valence-corrected chi connectivity index (χ3v) is 2.59. The van der Waals surface area contributed by atoms with E-state index in [1.807, 2.05) is 25.1 Å². The smallest absolute Gasteiger partial charge is 0.548 e. The van der Waals surface area contributed by atoms with Crippen molar-refractivity contribution in [3.63, 3.8) is 0 Å². The summed E-state index contributed by atoms with van der Waals surface area (Å²) in [5.74, 6) is -1.09. The Morgan fingerprint density at radius 1 is 1.44 bits per heavy atom. The van der Waals surface area contributed by atoms with Crippen LogP contribution < -0.4 is 34.7 Å². The van der Waals surface area contributed by atoms with E-state index in [2.05, 4.69) is 0 Å². The van der Waals surface area contributed by atoms with E-state index in [9.17, 15) is 9.90 Å². The third-order valence-electron chi connectivity index (χ3n) is 2.36. The van der Waals surface area contributed by atoms with Gasteiger partial charge in [-0.05, 0) is 31.2 Å². The quantitative estimate of drug-likeness (QED) is 0.596. The average molecular weight is 246 g/mol. The molecule has 0 amide bonds. The van der Waals surface area contributed by atoms with Gasteiger partial charge >= 0.3 is 29.6 Å². The number of carbonyl (C=O) groups is 1. The number of hydrogen-bond acceptors (Lipinski definition) is 2. The van der Waals surface area contributed by atoms with Gasteiger partial charge in [0.25, 0.3) is 0 Å². The number of aryl methyl sites for hydroxylation is 1. The zero-order valence-electron chi connectivity index (χ0n) is 9.16. The van der Waals surface area contributed by atoms with Crippen molar-refractivity contribution < 1.29 is 39.5 Å². The van der Waals surface area contributed by atoms with Crippen molar-refractivity contribution in [1.29, 1.82) is 0 Å². The Labute approximate surface area is 120 Å². The molecule has 0 N–H and O–H groups in total. The Morgan fingerprint density at radius 2 is 2.12 bits per heavy atom. The molecule has 0 aliphatic carbocycles. The molecule has 0 saturated heterocycles. The van der Waals surface area contributed by atoms with Crippen LogP contribution in [0.5, 0.6) is 0 Å². The second-order valence-electron chi connectivity index (χ2n) is 3.45. The van der Waals surface area contributed by atoms with Gasteiger partial charge in [-0.15, -0.1) is 0 Å². The van der Waals surface area contributed by atoms with Gasteiger partial charge in [-0.3, -0.25) is 0 Å². The van der Waals surface area contributed by atoms with E-state index in [0.29, 0.717) is 5.02 Å². The minimum Gasteiger partial charge on any atom is -0.548 e. The Morgan fingerprint density at radius 3 is 2.75 bits per heavy atom. The number of fused-ring (bicyclic) bond motifs is 1. The first kappa shape index (κ1) is 13.6. The van der Waals surface area contributed by atoms with Gasteiger partial charge in [0.2, 0.25) is 0 Å². The fourth-order valence-corrected chi connectivity index (χ4v) is 1.90. The number of nitrogens with zero attached hydrogens (tertiary/aromatic N) is 1. The van der Waals surface area contributed by atoms with Gasteiger partial charge in [0.1, 0.15) is 0 Å². The van der Waals surface area contributed by atoms with Gasteiger partial charge in [-0.2, -0.15) is 0 Å². The summed E-state index contributed by atoms with van der Waals surface area (Å²) in [6, 6.07) is 7.28. The molecule has 0 saturated carbocycles. The Balaban J connectivity index is 0.00000128. The van der Waals surface area contributed by atoms with Crippen molar-refractivity contribution in [2.45, 2.75) is 13.5 Å². The van der Waals surface area contributed by atoms with E-state index >= 15 is 0 Å². The second-order valence-corrected chi connectivity index (χ2v) is 3.88. The molecule has 1 heterocycles. The number of hydrogen-bond donors (Lipinski definition) is 0. The molecular weight excluding hydrogens is 237 g/mol. The van der Waals surface area contributed by atoms with Crippen LogP contribution >= 0.6 is 11.6 Å². The summed E-state index contributed by atoms with van der Waals surface area (Å²) in [6.45, 7) is 1.73. The van der Waals surface area contributed by atoms with Crippen LogP contribution in [-0.2, 0) is 11.3 Å². The molecule has 0 fully saturated rings. The average Bonchev–Trinajstić information content (AvgIpc) is 2.41. The largest absolute Gasteiger partial charge is 1.00 e. The molecule has 0 radical (unpaired) electrons. The third kappa shape index (κ3) is 2.61. The number of carboxylic acid groups (broad SMARTS) is 1. The number of carbonyl (C=O) groups excluding carboxylic acids is 1. The van der Waals surface area contributed by atoms with E-state index in [1.165, 1.54) is 0 Å². The predicted octanol–water partition coefficient (Wildman–Crippen LogP) is -1.64. The second kappa shape index (κ2) is 5.23. The van der Waals surface area contributed by atoms with Gasteiger partial charge in [0, 0.05) is 21.6 Å². The minimum absolute atomic E-state index is 0. The summed E-state index contributed by atoms with van der Waals surface area (Å²) in [4.78, 5) is 10.6. The summed E-state index contributed by atoms with van der Waals surface area (Å²) >= 11 is 5.85. The van der Waals surface area contributed by atoms with Crippen LogP contribution in [0.15, 0.2) is 24.3 Å². The molecule has 5 heteroatoms. The fraction of sp³-hybridized carbons (Fsp3) is 0.182. The molecular formula is C11H9ClNNaO2. The first-order valence-corrected chi connectivity index (χ1v) is 4.91. The molecule has 3 nitrogen and oxygen atoms in total. The monoisotopic (exact) mass is 245 g/mol. The Bertz CT molecular complexity index is 536. The molecule has 0 aliphatic rings. The van der Waals surface area contributed by atoms with E-state index in [0.717, 1.165) is 16.6 Å². The molecule has 0 aliphatic heterocycles. The molecule has 0 spiro atoms. The van der Waals surface area contributed by atoms with E-state index in [-0.39, 0.29) is 36.1 Å². The summed E-state index contributed by atoms with van der Waals surface area (Å²) < 4.78 is 1.70. The maximum atomic E-state index is 10.6. The van der Waals surface area contributed by atoms with Gasteiger partial charge in [0.15, 0.2) is 0 Å². The first-order chi connectivity index (χ1) is 7.08. The SMILES string of the molecule is Cc1cc2cc(Cl)ccc2n1CC(=O)[O-].[Na+]. The van der Waals surface area contributed by atoms with Crippen LogP contribution in [-0.4, -0.2) is 10.5 Å². The van der Waals surface area contributed by atoms with Crippen LogP contribution in [0.4, 0.5) is 0 Å². The molecule has 0 bridgehead atoms. The van der Waals surface area contributed by atoms with E-state index in [4.69, 9.17) is 11.6 Å². The number of aliphatic carboxylic acids is 1. The zero-order valence-corrected chi connectivity index (χ0v) is 11.9. The van der Waals surface area contributed by atoms with E-state index in [1.54, 1.807) is 10.6 Å². The number of rotatable bonds is 2. The standard InChI is InChI=1S/C11H10ClNO2.Na/c1-7-4-8-5-9(12)2-3-10(8)13(7)6-11(14)15;/h2-5H,6H2,1H3,(H,14,15);/q;+1/p-1. The molecule has 2 rings (SSSR count). The zero-order chi connectivity index (χ0) is 11.0.